The average Bonchev–Trinajstić information content (AvgIpc) is 2.55. The van der Waals surface area contributed by atoms with Gasteiger partial charge >= 0.3 is 0 Å². The lowest BCUT2D eigenvalue weighted by molar-refractivity contribution is 0.0779. The Balaban J connectivity index is 1.97. The maximum atomic E-state index is 12.3. The summed E-state index contributed by atoms with van der Waals surface area (Å²) in [4.78, 5) is 18.1. The van der Waals surface area contributed by atoms with Gasteiger partial charge in [0.2, 0.25) is 5.88 Å². The molecule has 0 saturated carbocycles. The predicted molar refractivity (Wildman–Crippen MR) is 91.9 cm³/mol. The molecule has 0 radical (unpaired) electrons. The number of carbonyl (C=O) groups excluding carboxylic acids is 1. The lowest BCUT2D eigenvalue weighted by Gasteiger charge is -2.16. The van der Waals surface area contributed by atoms with Crippen LogP contribution in [0.2, 0.25) is 0 Å². The molecule has 0 aliphatic rings. The zero-order valence-corrected chi connectivity index (χ0v) is 14.7. The maximum absolute atomic E-state index is 12.3. The van der Waals surface area contributed by atoms with Gasteiger partial charge in [-0.15, -0.1) is 0 Å². The number of benzene rings is 1. The van der Waals surface area contributed by atoms with Crippen molar-refractivity contribution in [2.24, 2.45) is 0 Å². The van der Waals surface area contributed by atoms with Crippen molar-refractivity contribution in [3.63, 3.8) is 0 Å². The molecule has 0 aliphatic heterocycles. The van der Waals surface area contributed by atoms with Crippen LogP contribution < -0.4 is 4.74 Å². The summed E-state index contributed by atoms with van der Waals surface area (Å²) in [5, 5.41) is 0. The lowest BCUT2D eigenvalue weighted by atomic mass is 10.2. The first-order valence-corrected chi connectivity index (χ1v) is 8.03. The van der Waals surface area contributed by atoms with Crippen LogP contribution in [0.4, 0.5) is 0 Å². The SMILES string of the molecule is COCCCN(C)C(=O)c1ccc(Oc2cccc(Br)c2)nc1. The van der Waals surface area contributed by atoms with Crippen molar-refractivity contribution >= 4 is 21.8 Å². The van der Waals surface area contributed by atoms with E-state index in [9.17, 15) is 4.79 Å². The quantitative estimate of drug-likeness (QED) is 0.688. The van der Waals surface area contributed by atoms with Gasteiger partial charge in [0.1, 0.15) is 5.75 Å². The van der Waals surface area contributed by atoms with Crippen molar-refractivity contribution in [3.05, 3.63) is 52.6 Å². The van der Waals surface area contributed by atoms with Crippen molar-refractivity contribution in [1.82, 2.24) is 9.88 Å². The third kappa shape index (κ3) is 5.33. The fourth-order valence-electron chi connectivity index (χ4n) is 1.99. The van der Waals surface area contributed by atoms with Crippen LogP contribution in [0.15, 0.2) is 47.1 Å². The smallest absolute Gasteiger partial charge is 0.255 e. The van der Waals surface area contributed by atoms with Gasteiger partial charge in [0, 0.05) is 44.0 Å². The standard InChI is InChI=1S/C17H19BrN2O3/c1-20(9-4-10-22-2)17(21)13-7-8-16(19-12-13)23-15-6-3-5-14(18)11-15/h3,5-8,11-12H,4,9-10H2,1-2H3. The maximum Gasteiger partial charge on any atom is 0.255 e. The highest BCUT2D eigenvalue weighted by atomic mass is 79.9. The molecule has 1 aromatic carbocycles. The molecule has 1 heterocycles. The first-order valence-electron chi connectivity index (χ1n) is 7.24. The minimum atomic E-state index is -0.0670. The summed E-state index contributed by atoms with van der Waals surface area (Å²) < 4.78 is 11.6. The van der Waals surface area contributed by atoms with Gasteiger partial charge in [-0.3, -0.25) is 4.79 Å². The van der Waals surface area contributed by atoms with E-state index in [1.165, 1.54) is 6.20 Å². The van der Waals surface area contributed by atoms with Crippen molar-refractivity contribution < 1.29 is 14.3 Å². The predicted octanol–water partition coefficient (Wildman–Crippen LogP) is 3.74. The van der Waals surface area contributed by atoms with E-state index in [4.69, 9.17) is 9.47 Å². The second-order valence-corrected chi connectivity index (χ2v) is 5.93. The van der Waals surface area contributed by atoms with Gasteiger partial charge in [0.15, 0.2) is 0 Å². The number of pyridine rings is 1. The molecule has 1 aromatic heterocycles. The van der Waals surface area contributed by atoms with Gasteiger partial charge in [0.05, 0.1) is 5.56 Å². The number of nitrogens with zero attached hydrogens (tertiary/aromatic N) is 2. The molecule has 0 N–H and O–H groups in total. The molecule has 122 valence electrons. The molecule has 2 aromatic rings. The third-order valence-electron chi connectivity index (χ3n) is 3.19. The van der Waals surface area contributed by atoms with Gasteiger partial charge in [-0.25, -0.2) is 4.98 Å². The molecular formula is C17H19BrN2O3. The van der Waals surface area contributed by atoms with Gasteiger partial charge < -0.3 is 14.4 Å². The summed E-state index contributed by atoms with van der Waals surface area (Å²) in [6.07, 6.45) is 2.33. The van der Waals surface area contributed by atoms with Crippen LogP contribution in [0.5, 0.6) is 11.6 Å². The summed E-state index contributed by atoms with van der Waals surface area (Å²) in [5.41, 5.74) is 0.534. The fourth-order valence-corrected chi connectivity index (χ4v) is 2.36. The number of hydrogen-bond acceptors (Lipinski definition) is 4. The van der Waals surface area contributed by atoms with Crippen molar-refractivity contribution in [3.8, 4) is 11.6 Å². The fraction of sp³-hybridized carbons (Fsp3) is 0.294. The van der Waals surface area contributed by atoms with E-state index >= 15 is 0 Å². The second kappa shape index (κ2) is 8.64. The summed E-state index contributed by atoms with van der Waals surface area (Å²) in [7, 11) is 3.42. The van der Waals surface area contributed by atoms with E-state index in [-0.39, 0.29) is 5.91 Å². The van der Waals surface area contributed by atoms with Gasteiger partial charge in [-0.1, -0.05) is 22.0 Å². The number of halogens is 1. The summed E-state index contributed by atoms with van der Waals surface area (Å²) in [5.74, 6) is 1.06. The van der Waals surface area contributed by atoms with Crippen molar-refractivity contribution in [1.29, 1.82) is 0 Å². The number of amides is 1. The van der Waals surface area contributed by atoms with Crippen LogP contribution in [0.3, 0.4) is 0 Å². The van der Waals surface area contributed by atoms with Gasteiger partial charge in [0.25, 0.3) is 5.91 Å². The van der Waals surface area contributed by atoms with Crippen LogP contribution in [0, 0.1) is 0 Å². The van der Waals surface area contributed by atoms with Gasteiger partial charge in [-0.05, 0) is 30.7 Å². The van der Waals surface area contributed by atoms with Gasteiger partial charge in [-0.2, -0.15) is 0 Å². The molecular weight excluding hydrogens is 360 g/mol. The van der Waals surface area contributed by atoms with E-state index in [1.807, 2.05) is 24.3 Å². The first-order chi connectivity index (χ1) is 11.1. The van der Waals surface area contributed by atoms with Crippen LogP contribution in [0.1, 0.15) is 16.8 Å². The van der Waals surface area contributed by atoms with Crippen molar-refractivity contribution in [2.45, 2.75) is 6.42 Å². The van der Waals surface area contributed by atoms with Crippen LogP contribution in [0.25, 0.3) is 0 Å². The Morgan fingerprint density at radius 3 is 2.78 bits per heavy atom. The Labute approximate surface area is 144 Å². The highest BCUT2D eigenvalue weighted by molar-refractivity contribution is 9.10. The molecule has 2 rings (SSSR count). The third-order valence-corrected chi connectivity index (χ3v) is 3.68. The summed E-state index contributed by atoms with van der Waals surface area (Å²) >= 11 is 3.39. The largest absolute Gasteiger partial charge is 0.439 e. The zero-order valence-electron chi connectivity index (χ0n) is 13.2. The topological polar surface area (TPSA) is 51.7 Å². The highest BCUT2D eigenvalue weighted by Crippen LogP contribution is 2.23. The van der Waals surface area contributed by atoms with E-state index in [0.29, 0.717) is 30.3 Å². The number of hydrogen-bond donors (Lipinski definition) is 0. The monoisotopic (exact) mass is 378 g/mol. The average molecular weight is 379 g/mol. The van der Waals surface area contributed by atoms with Crippen LogP contribution in [-0.4, -0.2) is 43.1 Å². The molecule has 6 heteroatoms. The Morgan fingerprint density at radius 2 is 2.13 bits per heavy atom. The molecule has 0 saturated heterocycles. The van der Waals surface area contributed by atoms with E-state index in [2.05, 4.69) is 20.9 Å². The van der Waals surface area contributed by atoms with E-state index in [0.717, 1.165) is 10.9 Å². The molecule has 0 spiro atoms. The molecule has 0 fully saturated rings. The molecule has 0 atom stereocenters. The number of rotatable bonds is 7. The van der Waals surface area contributed by atoms with Crippen LogP contribution in [-0.2, 0) is 4.74 Å². The normalized spacial score (nSPS) is 10.4. The first kappa shape index (κ1) is 17.4. The van der Waals surface area contributed by atoms with E-state index < -0.39 is 0 Å². The zero-order chi connectivity index (χ0) is 16.7. The molecule has 5 nitrogen and oxygen atoms in total. The van der Waals surface area contributed by atoms with Crippen LogP contribution >= 0.6 is 15.9 Å². The second-order valence-electron chi connectivity index (χ2n) is 5.02. The minimum absolute atomic E-state index is 0.0670. The minimum Gasteiger partial charge on any atom is -0.439 e. The molecule has 0 aliphatic carbocycles. The van der Waals surface area contributed by atoms with Crippen molar-refractivity contribution in [2.75, 3.05) is 27.3 Å². The Kier molecular flexibility index (Phi) is 6.55. The number of carbonyl (C=O) groups is 1. The summed E-state index contributed by atoms with van der Waals surface area (Å²) in [6.45, 7) is 1.28. The number of aromatic nitrogens is 1. The molecule has 0 bridgehead atoms. The Morgan fingerprint density at radius 1 is 1.30 bits per heavy atom. The molecule has 0 unspecified atom stereocenters. The van der Waals surface area contributed by atoms with E-state index in [1.54, 1.807) is 31.2 Å². The number of methoxy groups -OCH3 is 1. The molecule has 1 amide bonds. The summed E-state index contributed by atoms with van der Waals surface area (Å²) in [6, 6.07) is 10.9. The molecule has 23 heavy (non-hydrogen) atoms. The Bertz CT molecular complexity index is 647. The lowest BCUT2D eigenvalue weighted by Crippen LogP contribution is -2.28. The highest BCUT2D eigenvalue weighted by Gasteiger charge is 2.12. The number of ether oxygens (including phenoxy) is 2. The Hall–Kier alpha value is -1.92.